The highest BCUT2D eigenvalue weighted by Gasteiger charge is 2.77. The zero-order valence-corrected chi connectivity index (χ0v) is 23.8. The number of unbranched alkanes of at least 4 members (excludes halogenated alkanes) is 1. The number of esters is 1. The summed E-state index contributed by atoms with van der Waals surface area (Å²) < 4.78 is 12.1. The van der Waals surface area contributed by atoms with Crippen molar-refractivity contribution in [2.75, 3.05) is 24.7 Å². The number of halogens is 2. The number of aliphatic hydroxyl groups is 1. The zero-order chi connectivity index (χ0) is 27.6. The normalized spacial score (nSPS) is 30.2. The Morgan fingerprint density at radius 1 is 1.37 bits per heavy atom. The molecule has 1 aromatic carbocycles. The van der Waals surface area contributed by atoms with Gasteiger partial charge in [0.25, 0.3) is 5.91 Å². The molecule has 10 heteroatoms. The van der Waals surface area contributed by atoms with Crippen LogP contribution in [0, 0.1) is 11.8 Å². The van der Waals surface area contributed by atoms with E-state index in [9.17, 15) is 19.5 Å². The Morgan fingerprint density at radius 3 is 2.74 bits per heavy atom. The fraction of sp³-hybridized carbons (Fsp3) is 0.536. The minimum atomic E-state index is -1.26. The lowest BCUT2D eigenvalue weighted by Gasteiger charge is -2.39. The van der Waals surface area contributed by atoms with Crippen LogP contribution in [0.2, 0.25) is 5.02 Å². The minimum Gasteiger partial charge on any atom is -0.465 e. The largest absolute Gasteiger partial charge is 0.465 e. The molecule has 3 aliphatic rings. The van der Waals surface area contributed by atoms with Crippen LogP contribution < -0.4 is 4.90 Å². The summed E-state index contributed by atoms with van der Waals surface area (Å²) in [4.78, 5) is 44.6. The van der Waals surface area contributed by atoms with Crippen molar-refractivity contribution in [2.45, 2.75) is 61.2 Å². The molecule has 206 valence electrons. The van der Waals surface area contributed by atoms with Gasteiger partial charge in [-0.05, 0) is 37.8 Å². The van der Waals surface area contributed by atoms with E-state index < -0.39 is 47.5 Å². The Labute approximate surface area is 236 Å². The summed E-state index contributed by atoms with van der Waals surface area (Å²) in [5.41, 5.74) is -0.786. The van der Waals surface area contributed by atoms with Crippen LogP contribution in [0.15, 0.2) is 49.6 Å². The van der Waals surface area contributed by atoms with Crippen LogP contribution in [0.4, 0.5) is 5.69 Å². The van der Waals surface area contributed by atoms with Gasteiger partial charge >= 0.3 is 5.97 Å². The molecule has 3 saturated heterocycles. The fourth-order valence-corrected chi connectivity index (χ4v) is 7.35. The Balaban J connectivity index is 1.77. The maximum atomic E-state index is 14.5. The number of carbonyl (C=O) groups is 3. The van der Waals surface area contributed by atoms with E-state index in [0.29, 0.717) is 36.4 Å². The molecule has 0 aliphatic carbocycles. The fourth-order valence-electron chi connectivity index (χ4n) is 6.17. The van der Waals surface area contributed by atoms with Crippen molar-refractivity contribution in [3.63, 3.8) is 0 Å². The number of fused-ring (bicyclic) bond motifs is 1. The highest BCUT2D eigenvalue weighted by Crippen LogP contribution is 2.61. The molecule has 3 aliphatic heterocycles. The number of allylic oxidation sites excluding steroid dienone is 1. The Morgan fingerprint density at radius 2 is 2.11 bits per heavy atom. The van der Waals surface area contributed by atoms with Gasteiger partial charge < -0.3 is 24.4 Å². The van der Waals surface area contributed by atoms with Gasteiger partial charge in [-0.3, -0.25) is 14.4 Å². The molecular formula is C28H34BrClN2O6. The van der Waals surface area contributed by atoms with Crippen molar-refractivity contribution < 1.29 is 29.0 Å². The number of anilines is 1. The van der Waals surface area contributed by atoms with E-state index in [-0.39, 0.29) is 30.5 Å². The molecule has 3 heterocycles. The molecule has 4 rings (SSSR count). The van der Waals surface area contributed by atoms with Gasteiger partial charge in [0, 0.05) is 11.4 Å². The average Bonchev–Trinajstić information content (AvgIpc) is 3.50. The van der Waals surface area contributed by atoms with Crippen molar-refractivity contribution in [1.82, 2.24) is 4.90 Å². The van der Waals surface area contributed by atoms with Crippen LogP contribution in [0.5, 0.6) is 0 Å². The standard InChI is InChI=1S/C28H34BrClN2O6/c1-4-7-10-14-37-27(36)21-22-25(34)32(17(6-3)16-33)24(28(22)15-18(29)23(21)38-28)26(35)31(13-5-2)20-12-9-8-11-19(20)30/h4-5,8-9,11-12,17-18,21-24,33H,1-2,6-7,10,13-16H2,3H3/t17-,18?,21+,22-,23+,24?,28?/m0/s1. The SMILES string of the molecule is C=CCCCOC(=O)[C@H]1[C@@H]2OC3(CC2Br)C(C(=O)N(CC=C)c2ccccc2Cl)N([C@@H](CC)CO)C(=O)[C@H]13. The van der Waals surface area contributed by atoms with E-state index in [1.54, 1.807) is 36.4 Å². The molecular weight excluding hydrogens is 576 g/mol. The minimum absolute atomic E-state index is 0.147. The van der Waals surface area contributed by atoms with Gasteiger partial charge in [0.1, 0.15) is 11.6 Å². The first kappa shape index (κ1) is 28.8. The number of ether oxygens (including phenoxy) is 2. The van der Waals surface area contributed by atoms with Crippen LogP contribution in [-0.4, -0.2) is 76.2 Å². The molecule has 1 aromatic rings. The smallest absolute Gasteiger partial charge is 0.312 e. The molecule has 1 spiro atoms. The number of benzene rings is 1. The number of hydrogen-bond acceptors (Lipinski definition) is 6. The lowest BCUT2D eigenvalue weighted by molar-refractivity contribution is -0.155. The van der Waals surface area contributed by atoms with Gasteiger partial charge in [-0.25, -0.2) is 0 Å². The Bertz CT molecular complexity index is 1100. The van der Waals surface area contributed by atoms with Crippen LogP contribution in [0.1, 0.15) is 32.6 Å². The summed E-state index contributed by atoms with van der Waals surface area (Å²) in [6, 6.07) is 5.25. The molecule has 0 radical (unpaired) electrons. The molecule has 0 saturated carbocycles. The van der Waals surface area contributed by atoms with Crippen LogP contribution in [-0.2, 0) is 23.9 Å². The predicted molar refractivity (Wildman–Crippen MR) is 148 cm³/mol. The molecule has 3 unspecified atom stereocenters. The number of nitrogens with zero attached hydrogens (tertiary/aromatic N) is 2. The van der Waals surface area contributed by atoms with E-state index in [1.165, 1.54) is 9.80 Å². The predicted octanol–water partition coefficient (Wildman–Crippen LogP) is 3.89. The van der Waals surface area contributed by atoms with Crippen molar-refractivity contribution in [3.8, 4) is 0 Å². The molecule has 3 fully saturated rings. The monoisotopic (exact) mass is 608 g/mol. The van der Waals surface area contributed by atoms with E-state index in [2.05, 4.69) is 29.1 Å². The molecule has 8 nitrogen and oxygen atoms in total. The number of likely N-dealkylation sites (tertiary alicyclic amines) is 1. The number of para-hydroxylation sites is 1. The summed E-state index contributed by atoms with van der Waals surface area (Å²) in [6.45, 7) is 9.34. The second-order valence-electron chi connectivity index (χ2n) is 9.94. The van der Waals surface area contributed by atoms with Gasteiger partial charge in [-0.1, -0.05) is 58.7 Å². The molecule has 7 atom stereocenters. The van der Waals surface area contributed by atoms with Crippen LogP contribution in [0.25, 0.3) is 0 Å². The van der Waals surface area contributed by atoms with Gasteiger partial charge in [0.05, 0.1) is 47.9 Å². The lowest BCUT2D eigenvalue weighted by atomic mass is 9.70. The first-order chi connectivity index (χ1) is 18.3. The van der Waals surface area contributed by atoms with Gasteiger partial charge in [-0.15, -0.1) is 13.2 Å². The molecule has 0 aromatic heterocycles. The second kappa shape index (κ2) is 11.9. The lowest BCUT2D eigenvalue weighted by Crippen LogP contribution is -2.59. The highest BCUT2D eigenvalue weighted by molar-refractivity contribution is 9.09. The maximum Gasteiger partial charge on any atom is 0.312 e. The number of amides is 2. The third-order valence-corrected chi connectivity index (χ3v) is 8.99. The highest BCUT2D eigenvalue weighted by atomic mass is 79.9. The number of carbonyl (C=O) groups excluding carboxylic acids is 3. The first-order valence-electron chi connectivity index (χ1n) is 13.0. The van der Waals surface area contributed by atoms with E-state index in [0.717, 1.165) is 0 Å². The van der Waals surface area contributed by atoms with Gasteiger partial charge in [-0.2, -0.15) is 0 Å². The van der Waals surface area contributed by atoms with Crippen LogP contribution >= 0.6 is 27.5 Å². The van der Waals surface area contributed by atoms with E-state index in [1.807, 2.05) is 6.92 Å². The summed E-state index contributed by atoms with van der Waals surface area (Å²) >= 11 is 10.1. The Hall–Kier alpha value is -2.20. The quantitative estimate of drug-likeness (QED) is 0.167. The number of rotatable bonds is 12. The van der Waals surface area contributed by atoms with Crippen molar-refractivity contribution in [3.05, 3.63) is 54.6 Å². The molecule has 1 N–H and O–H groups in total. The van der Waals surface area contributed by atoms with Gasteiger partial charge in [0.15, 0.2) is 0 Å². The van der Waals surface area contributed by atoms with Crippen molar-refractivity contribution >= 4 is 51.0 Å². The van der Waals surface area contributed by atoms with Gasteiger partial charge in [0.2, 0.25) is 5.91 Å². The topological polar surface area (TPSA) is 96.4 Å². The van der Waals surface area contributed by atoms with Crippen LogP contribution in [0.3, 0.4) is 0 Å². The summed E-state index contributed by atoms with van der Waals surface area (Å²) in [5.74, 6) is -3.06. The number of aliphatic hydroxyl groups excluding tert-OH is 1. The maximum absolute atomic E-state index is 14.5. The first-order valence-corrected chi connectivity index (χ1v) is 14.3. The summed E-state index contributed by atoms with van der Waals surface area (Å²) in [6.07, 6.45) is 4.82. The molecule has 38 heavy (non-hydrogen) atoms. The number of hydrogen-bond donors (Lipinski definition) is 1. The van der Waals surface area contributed by atoms with Crippen molar-refractivity contribution in [1.29, 1.82) is 0 Å². The third kappa shape index (κ3) is 4.72. The molecule has 2 amide bonds. The second-order valence-corrected chi connectivity index (χ2v) is 11.5. The van der Waals surface area contributed by atoms with Crippen molar-refractivity contribution in [2.24, 2.45) is 11.8 Å². The molecule has 2 bridgehead atoms. The summed E-state index contributed by atoms with van der Waals surface area (Å²) in [5, 5.41) is 10.6. The third-order valence-electron chi connectivity index (χ3n) is 7.83. The zero-order valence-electron chi connectivity index (χ0n) is 21.4. The number of alkyl halides is 1. The Kier molecular flexibility index (Phi) is 9.02. The van der Waals surface area contributed by atoms with E-state index in [4.69, 9.17) is 21.1 Å². The summed E-state index contributed by atoms with van der Waals surface area (Å²) in [7, 11) is 0. The van der Waals surface area contributed by atoms with E-state index >= 15 is 0 Å². The average molecular weight is 610 g/mol.